The largest absolute Gasteiger partial charge is 0.416 e. The van der Waals surface area contributed by atoms with Crippen molar-refractivity contribution in [2.24, 2.45) is 0 Å². The molecule has 9 heteroatoms. The van der Waals surface area contributed by atoms with E-state index in [0.29, 0.717) is 23.1 Å². The molecule has 1 heterocycles. The number of carbonyl (C=O) groups is 1. The molecule has 0 fully saturated rings. The van der Waals surface area contributed by atoms with E-state index in [1.807, 2.05) is 44.2 Å². The van der Waals surface area contributed by atoms with Crippen molar-refractivity contribution >= 4 is 34.7 Å². The van der Waals surface area contributed by atoms with Crippen LogP contribution >= 0.6 is 0 Å². The van der Waals surface area contributed by atoms with Gasteiger partial charge in [0.05, 0.1) is 5.56 Å². The molecular weight excluding hydrogens is 455 g/mol. The molecule has 1 amide bonds. The summed E-state index contributed by atoms with van der Waals surface area (Å²) < 4.78 is 38.7. The van der Waals surface area contributed by atoms with Crippen molar-refractivity contribution < 1.29 is 18.0 Å². The maximum absolute atomic E-state index is 12.9. The third-order valence-corrected chi connectivity index (χ3v) is 5.03. The smallest absolute Gasteiger partial charge is 0.340 e. The highest BCUT2D eigenvalue weighted by Crippen LogP contribution is 2.30. The first kappa shape index (κ1) is 23.7. The van der Waals surface area contributed by atoms with E-state index in [4.69, 9.17) is 0 Å². The van der Waals surface area contributed by atoms with Gasteiger partial charge < -0.3 is 16.0 Å². The van der Waals surface area contributed by atoms with Crippen LogP contribution in [0.4, 0.5) is 42.0 Å². The highest BCUT2D eigenvalue weighted by atomic mass is 19.4. The fourth-order valence-electron chi connectivity index (χ4n) is 3.28. The molecule has 0 aliphatic rings. The van der Waals surface area contributed by atoms with Crippen LogP contribution in [0.15, 0.2) is 78.9 Å². The lowest BCUT2D eigenvalue weighted by atomic mass is 10.1. The van der Waals surface area contributed by atoms with Crippen LogP contribution in [-0.2, 0) is 6.18 Å². The van der Waals surface area contributed by atoms with Gasteiger partial charge in [0, 0.05) is 34.4 Å². The van der Waals surface area contributed by atoms with Crippen LogP contribution in [0.3, 0.4) is 0 Å². The van der Waals surface area contributed by atoms with Crippen molar-refractivity contribution in [1.29, 1.82) is 0 Å². The van der Waals surface area contributed by atoms with E-state index in [9.17, 15) is 18.0 Å². The van der Waals surface area contributed by atoms with E-state index in [0.717, 1.165) is 29.1 Å². The molecule has 0 saturated heterocycles. The Balaban J connectivity index is 1.42. The number of anilines is 5. The minimum Gasteiger partial charge on any atom is -0.340 e. The van der Waals surface area contributed by atoms with Crippen molar-refractivity contribution in [2.45, 2.75) is 20.0 Å². The number of halogens is 3. The molecular formula is C26H22F3N5O. The van der Waals surface area contributed by atoms with Crippen LogP contribution in [0.1, 0.15) is 27.2 Å². The summed E-state index contributed by atoms with van der Waals surface area (Å²) >= 11 is 0. The SMILES string of the molecule is Cc1ccc(Nc2cc(C)nc(Nc3ccc(NC(=O)c4cccc(C(F)(F)F)c4)cc3)n2)cc1. The third kappa shape index (κ3) is 6.35. The summed E-state index contributed by atoms with van der Waals surface area (Å²) in [6.45, 7) is 3.88. The number of hydrogen-bond acceptors (Lipinski definition) is 5. The molecule has 0 radical (unpaired) electrons. The van der Waals surface area contributed by atoms with Gasteiger partial charge >= 0.3 is 6.18 Å². The number of carbonyl (C=O) groups excluding carboxylic acids is 1. The Bertz CT molecular complexity index is 1340. The molecule has 6 nitrogen and oxygen atoms in total. The van der Waals surface area contributed by atoms with Crippen LogP contribution in [-0.4, -0.2) is 15.9 Å². The number of hydrogen-bond donors (Lipinski definition) is 3. The minimum atomic E-state index is -4.52. The van der Waals surface area contributed by atoms with E-state index >= 15 is 0 Å². The third-order valence-electron chi connectivity index (χ3n) is 5.03. The van der Waals surface area contributed by atoms with Crippen LogP contribution in [0, 0.1) is 13.8 Å². The van der Waals surface area contributed by atoms with Gasteiger partial charge in [0.1, 0.15) is 5.82 Å². The maximum atomic E-state index is 12.9. The summed E-state index contributed by atoms with van der Waals surface area (Å²) in [6.07, 6.45) is -4.52. The van der Waals surface area contributed by atoms with Crippen molar-refractivity contribution in [2.75, 3.05) is 16.0 Å². The molecule has 0 saturated carbocycles. The lowest BCUT2D eigenvalue weighted by Gasteiger charge is -2.11. The lowest BCUT2D eigenvalue weighted by Crippen LogP contribution is -2.13. The quantitative estimate of drug-likeness (QED) is 0.283. The van der Waals surface area contributed by atoms with Gasteiger partial charge in [0.15, 0.2) is 0 Å². The molecule has 0 aliphatic carbocycles. The monoisotopic (exact) mass is 477 g/mol. The average Bonchev–Trinajstić information content (AvgIpc) is 2.81. The summed E-state index contributed by atoms with van der Waals surface area (Å²) in [5.41, 5.74) is 2.98. The van der Waals surface area contributed by atoms with Gasteiger partial charge in [-0.2, -0.15) is 18.2 Å². The summed E-state index contributed by atoms with van der Waals surface area (Å²) in [7, 11) is 0. The number of alkyl halides is 3. The first-order valence-electron chi connectivity index (χ1n) is 10.7. The van der Waals surface area contributed by atoms with Crippen molar-refractivity contribution in [3.05, 3.63) is 101 Å². The van der Waals surface area contributed by atoms with Gasteiger partial charge in [-0.1, -0.05) is 23.8 Å². The van der Waals surface area contributed by atoms with Crippen LogP contribution in [0.25, 0.3) is 0 Å². The van der Waals surface area contributed by atoms with Gasteiger partial charge in [-0.05, 0) is 68.4 Å². The Morgan fingerprint density at radius 2 is 1.40 bits per heavy atom. The van der Waals surface area contributed by atoms with Gasteiger partial charge in [-0.15, -0.1) is 0 Å². The van der Waals surface area contributed by atoms with Gasteiger partial charge in [0.2, 0.25) is 5.95 Å². The average molecular weight is 477 g/mol. The van der Waals surface area contributed by atoms with E-state index in [1.165, 1.54) is 12.1 Å². The highest BCUT2D eigenvalue weighted by molar-refractivity contribution is 6.04. The van der Waals surface area contributed by atoms with Crippen molar-refractivity contribution in [1.82, 2.24) is 9.97 Å². The number of aryl methyl sites for hydroxylation is 2. The second-order valence-electron chi connectivity index (χ2n) is 7.94. The van der Waals surface area contributed by atoms with Crippen molar-refractivity contribution in [3.63, 3.8) is 0 Å². The zero-order valence-corrected chi connectivity index (χ0v) is 18.9. The predicted molar refractivity (Wildman–Crippen MR) is 130 cm³/mol. The molecule has 1 aromatic heterocycles. The molecule has 0 spiro atoms. The van der Waals surface area contributed by atoms with Gasteiger partial charge in [-0.25, -0.2) is 4.98 Å². The Hall–Kier alpha value is -4.40. The first-order chi connectivity index (χ1) is 16.7. The molecule has 4 aromatic rings. The second-order valence-corrected chi connectivity index (χ2v) is 7.94. The van der Waals surface area contributed by atoms with E-state index in [-0.39, 0.29) is 5.56 Å². The zero-order chi connectivity index (χ0) is 25.0. The molecule has 0 aliphatic heterocycles. The van der Waals surface area contributed by atoms with Crippen molar-refractivity contribution in [3.8, 4) is 0 Å². The number of benzene rings is 3. The summed E-state index contributed by atoms with van der Waals surface area (Å²) in [4.78, 5) is 21.3. The Morgan fingerprint density at radius 1 is 0.771 bits per heavy atom. The van der Waals surface area contributed by atoms with Gasteiger partial charge in [-0.3, -0.25) is 4.79 Å². The summed E-state index contributed by atoms with van der Waals surface area (Å²) in [5.74, 6) is 0.389. The normalized spacial score (nSPS) is 11.1. The Kier molecular flexibility index (Phi) is 6.68. The Morgan fingerprint density at radius 3 is 2.09 bits per heavy atom. The number of nitrogens with one attached hydrogen (secondary N) is 3. The van der Waals surface area contributed by atoms with E-state index < -0.39 is 17.6 Å². The molecule has 178 valence electrons. The van der Waals surface area contributed by atoms with Crippen LogP contribution in [0.2, 0.25) is 0 Å². The standard InChI is InChI=1S/C26H22F3N5O/c1-16-6-8-20(9-7-16)31-23-14-17(2)30-25(34-23)33-22-12-10-21(11-13-22)32-24(35)18-4-3-5-19(15-18)26(27,28)29/h3-15H,1-2H3,(H,32,35)(H2,30,31,33,34). The fraction of sp³-hybridized carbons (Fsp3) is 0.115. The summed E-state index contributed by atoms with van der Waals surface area (Å²) in [5, 5.41) is 8.97. The molecule has 4 rings (SSSR count). The van der Waals surface area contributed by atoms with Crippen LogP contribution in [0.5, 0.6) is 0 Å². The highest BCUT2D eigenvalue weighted by Gasteiger charge is 2.30. The Labute approximate surface area is 200 Å². The van der Waals surface area contributed by atoms with E-state index in [1.54, 1.807) is 24.3 Å². The molecule has 35 heavy (non-hydrogen) atoms. The number of nitrogens with zero attached hydrogens (tertiary/aromatic N) is 2. The molecule has 3 N–H and O–H groups in total. The lowest BCUT2D eigenvalue weighted by molar-refractivity contribution is -0.137. The maximum Gasteiger partial charge on any atom is 0.416 e. The molecule has 3 aromatic carbocycles. The predicted octanol–water partition coefficient (Wildman–Crippen LogP) is 6.85. The number of aromatic nitrogens is 2. The summed E-state index contributed by atoms with van der Waals surface area (Å²) in [6, 6.07) is 20.7. The van der Waals surface area contributed by atoms with E-state index in [2.05, 4.69) is 25.9 Å². The molecule has 0 bridgehead atoms. The molecule has 0 atom stereocenters. The number of amides is 1. The minimum absolute atomic E-state index is 0.0798. The fourth-order valence-corrected chi connectivity index (χ4v) is 3.28. The zero-order valence-electron chi connectivity index (χ0n) is 18.9. The molecule has 0 unspecified atom stereocenters. The van der Waals surface area contributed by atoms with Gasteiger partial charge in [0.25, 0.3) is 5.91 Å². The number of rotatable bonds is 6. The topological polar surface area (TPSA) is 78.9 Å². The first-order valence-corrected chi connectivity index (χ1v) is 10.7. The van der Waals surface area contributed by atoms with Crippen LogP contribution < -0.4 is 16.0 Å². The second kappa shape index (κ2) is 9.84.